The molecular formula is C19H21ClN2O4S. The van der Waals surface area contributed by atoms with Gasteiger partial charge in [0, 0.05) is 23.8 Å². The molecule has 3 rings (SSSR count). The zero-order chi connectivity index (χ0) is 19.8. The van der Waals surface area contributed by atoms with Crippen molar-refractivity contribution in [3.8, 4) is 5.75 Å². The standard InChI is InChI=1S/C19H21ClN2O4S/c1-13-10-14-6-4-5-7-16(14)22(13)19(23)12-21(2)27(24,25)18-11-15(20)8-9-17(18)26-3/h4-9,11,13H,10,12H2,1-3H3/t13-/m0/s1. The Balaban J connectivity index is 1.86. The van der Waals surface area contributed by atoms with Crippen LogP contribution in [0, 0.1) is 0 Å². The second kappa shape index (κ2) is 7.50. The van der Waals surface area contributed by atoms with Gasteiger partial charge in [0.1, 0.15) is 10.6 Å². The number of halogens is 1. The van der Waals surface area contributed by atoms with E-state index in [2.05, 4.69) is 0 Å². The Kier molecular flexibility index (Phi) is 5.46. The van der Waals surface area contributed by atoms with Crippen LogP contribution in [0.2, 0.25) is 5.02 Å². The van der Waals surface area contributed by atoms with Crippen LogP contribution in [0.1, 0.15) is 12.5 Å². The summed E-state index contributed by atoms with van der Waals surface area (Å²) in [7, 11) is -1.19. The van der Waals surface area contributed by atoms with Gasteiger partial charge in [0.15, 0.2) is 0 Å². The number of carbonyl (C=O) groups excluding carboxylic acids is 1. The number of methoxy groups -OCH3 is 1. The van der Waals surface area contributed by atoms with Crippen LogP contribution < -0.4 is 9.64 Å². The zero-order valence-electron chi connectivity index (χ0n) is 15.3. The molecule has 6 nitrogen and oxygen atoms in total. The quantitative estimate of drug-likeness (QED) is 0.762. The topological polar surface area (TPSA) is 66.9 Å². The van der Waals surface area contributed by atoms with Gasteiger partial charge in [-0.05, 0) is 43.2 Å². The van der Waals surface area contributed by atoms with Crippen molar-refractivity contribution in [1.82, 2.24) is 4.31 Å². The summed E-state index contributed by atoms with van der Waals surface area (Å²) < 4.78 is 32.1. The van der Waals surface area contributed by atoms with Gasteiger partial charge in [0.25, 0.3) is 0 Å². The number of nitrogens with zero attached hydrogens (tertiary/aromatic N) is 2. The number of sulfonamides is 1. The normalized spacial score (nSPS) is 16.5. The highest BCUT2D eigenvalue weighted by Crippen LogP contribution is 2.33. The summed E-state index contributed by atoms with van der Waals surface area (Å²) in [6.45, 7) is 1.67. The van der Waals surface area contributed by atoms with Crippen LogP contribution in [-0.2, 0) is 21.2 Å². The lowest BCUT2D eigenvalue weighted by atomic mass is 10.1. The highest BCUT2D eigenvalue weighted by molar-refractivity contribution is 7.89. The first-order chi connectivity index (χ1) is 12.8. The van der Waals surface area contributed by atoms with Gasteiger partial charge in [-0.15, -0.1) is 0 Å². The van der Waals surface area contributed by atoms with Crippen molar-refractivity contribution in [3.05, 3.63) is 53.1 Å². The summed E-state index contributed by atoms with van der Waals surface area (Å²) in [6.07, 6.45) is 0.750. The Labute approximate surface area is 164 Å². The molecule has 0 radical (unpaired) electrons. The van der Waals surface area contributed by atoms with Crippen LogP contribution in [0.3, 0.4) is 0 Å². The van der Waals surface area contributed by atoms with Crippen molar-refractivity contribution in [2.24, 2.45) is 0 Å². The molecule has 144 valence electrons. The third-order valence-corrected chi connectivity index (χ3v) is 6.71. The molecule has 0 aliphatic carbocycles. The summed E-state index contributed by atoms with van der Waals surface area (Å²) in [5.41, 5.74) is 1.92. The van der Waals surface area contributed by atoms with Crippen LogP contribution in [0.4, 0.5) is 5.69 Å². The van der Waals surface area contributed by atoms with E-state index in [1.165, 1.54) is 26.3 Å². The van der Waals surface area contributed by atoms with Crippen molar-refractivity contribution in [2.75, 3.05) is 25.6 Å². The molecule has 0 spiro atoms. The lowest BCUT2D eigenvalue weighted by molar-refractivity contribution is -0.118. The number of para-hydroxylation sites is 1. The molecule has 27 heavy (non-hydrogen) atoms. The third-order valence-electron chi connectivity index (χ3n) is 4.65. The Morgan fingerprint density at radius 3 is 2.70 bits per heavy atom. The van der Waals surface area contributed by atoms with Gasteiger partial charge >= 0.3 is 0 Å². The second-order valence-electron chi connectivity index (χ2n) is 6.50. The number of fused-ring (bicyclic) bond motifs is 1. The fourth-order valence-corrected chi connectivity index (χ4v) is 4.85. The van der Waals surface area contributed by atoms with E-state index >= 15 is 0 Å². The molecule has 1 aliphatic heterocycles. The molecule has 1 heterocycles. The molecule has 0 N–H and O–H groups in total. The summed E-state index contributed by atoms with van der Waals surface area (Å²) in [6, 6.07) is 12.0. The number of hydrogen-bond donors (Lipinski definition) is 0. The highest BCUT2D eigenvalue weighted by atomic mass is 35.5. The van der Waals surface area contributed by atoms with Crippen molar-refractivity contribution >= 4 is 33.2 Å². The number of carbonyl (C=O) groups is 1. The molecule has 1 atom stereocenters. The van der Waals surface area contributed by atoms with Gasteiger partial charge in [-0.3, -0.25) is 4.79 Å². The number of amides is 1. The molecule has 2 aromatic carbocycles. The largest absolute Gasteiger partial charge is 0.495 e. The fraction of sp³-hybridized carbons (Fsp3) is 0.316. The molecule has 0 aromatic heterocycles. The maximum absolute atomic E-state index is 13.0. The number of rotatable bonds is 5. The molecule has 2 aromatic rings. The first kappa shape index (κ1) is 19.7. The summed E-state index contributed by atoms with van der Waals surface area (Å²) in [5.74, 6) is -0.0990. The monoisotopic (exact) mass is 408 g/mol. The fourth-order valence-electron chi connectivity index (χ4n) is 3.32. The minimum absolute atomic E-state index is 0.0216. The Hall–Kier alpha value is -2.09. The van der Waals surface area contributed by atoms with Gasteiger partial charge in [0.2, 0.25) is 15.9 Å². The van der Waals surface area contributed by atoms with Crippen molar-refractivity contribution in [2.45, 2.75) is 24.3 Å². The molecule has 8 heteroatoms. The van der Waals surface area contributed by atoms with Gasteiger partial charge in [0.05, 0.1) is 13.7 Å². The third kappa shape index (κ3) is 3.67. The average Bonchev–Trinajstić information content (AvgIpc) is 2.97. The highest BCUT2D eigenvalue weighted by Gasteiger charge is 2.33. The van der Waals surface area contributed by atoms with E-state index in [9.17, 15) is 13.2 Å². The van der Waals surface area contributed by atoms with Crippen LogP contribution in [0.25, 0.3) is 0 Å². The van der Waals surface area contributed by atoms with Crippen molar-refractivity contribution < 1.29 is 17.9 Å². The summed E-state index contributed by atoms with van der Waals surface area (Å²) >= 11 is 5.96. The summed E-state index contributed by atoms with van der Waals surface area (Å²) in [4.78, 5) is 14.5. The predicted octanol–water partition coefficient (Wildman–Crippen LogP) is 2.95. The number of anilines is 1. The molecule has 0 unspecified atom stereocenters. The molecular weight excluding hydrogens is 388 g/mol. The van der Waals surface area contributed by atoms with E-state index in [0.717, 1.165) is 22.0 Å². The predicted molar refractivity (Wildman–Crippen MR) is 105 cm³/mol. The van der Waals surface area contributed by atoms with Crippen LogP contribution in [0.15, 0.2) is 47.4 Å². The minimum Gasteiger partial charge on any atom is -0.495 e. The second-order valence-corrected chi connectivity index (χ2v) is 8.95. The van der Waals surface area contributed by atoms with Gasteiger partial charge in [-0.25, -0.2) is 8.42 Å². The molecule has 0 saturated carbocycles. The average molecular weight is 409 g/mol. The van der Waals surface area contributed by atoms with Crippen molar-refractivity contribution in [1.29, 1.82) is 0 Å². The van der Waals surface area contributed by atoms with Crippen LogP contribution >= 0.6 is 11.6 Å². The Morgan fingerprint density at radius 1 is 1.30 bits per heavy atom. The smallest absolute Gasteiger partial charge is 0.247 e. The van der Waals surface area contributed by atoms with E-state index in [-0.39, 0.29) is 34.2 Å². The molecule has 1 amide bonds. The number of benzene rings is 2. The number of ether oxygens (including phenoxy) is 1. The van der Waals surface area contributed by atoms with E-state index in [4.69, 9.17) is 16.3 Å². The lowest BCUT2D eigenvalue weighted by Crippen LogP contribution is -2.43. The van der Waals surface area contributed by atoms with Crippen LogP contribution in [-0.4, -0.2) is 45.4 Å². The Bertz CT molecular complexity index is 977. The summed E-state index contributed by atoms with van der Waals surface area (Å²) in [5, 5.41) is 0.274. The SMILES string of the molecule is COc1ccc(Cl)cc1S(=O)(=O)N(C)CC(=O)N1c2ccccc2C[C@@H]1C. The van der Waals surface area contributed by atoms with Gasteiger partial charge in [-0.1, -0.05) is 29.8 Å². The zero-order valence-corrected chi connectivity index (χ0v) is 16.9. The van der Waals surface area contributed by atoms with Gasteiger partial charge in [-0.2, -0.15) is 4.31 Å². The van der Waals surface area contributed by atoms with E-state index < -0.39 is 10.0 Å². The first-order valence-corrected chi connectivity index (χ1v) is 10.3. The maximum Gasteiger partial charge on any atom is 0.247 e. The molecule has 0 saturated heterocycles. The molecule has 1 aliphatic rings. The van der Waals surface area contributed by atoms with E-state index in [1.807, 2.05) is 31.2 Å². The number of hydrogen-bond acceptors (Lipinski definition) is 4. The maximum atomic E-state index is 13.0. The van der Waals surface area contributed by atoms with Crippen molar-refractivity contribution in [3.63, 3.8) is 0 Å². The Morgan fingerprint density at radius 2 is 2.00 bits per heavy atom. The minimum atomic E-state index is -3.95. The van der Waals surface area contributed by atoms with E-state index in [1.54, 1.807) is 11.0 Å². The number of likely N-dealkylation sites (N-methyl/N-ethyl adjacent to an activating group) is 1. The molecule has 0 bridgehead atoms. The first-order valence-electron chi connectivity index (χ1n) is 8.45. The van der Waals surface area contributed by atoms with E-state index in [0.29, 0.717) is 0 Å². The van der Waals surface area contributed by atoms with Crippen LogP contribution in [0.5, 0.6) is 5.75 Å². The molecule has 0 fully saturated rings. The van der Waals surface area contributed by atoms with Gasteiger partial charge < -0.3 is 9.64 Å². The lowest BCUT2D eigenvalue weighted by Gasteiger charge is -2.26.